The van der Waals surface area contributed by atoms with Crippen molar-refractivity contribution in [2.24, 2.45) is 0 Å². The molecule has 0 spiro atoms. The van der Waals surface area contributed by atoms with Gasteiger partial charge in [-0.1, -0.05) is 35.3 Å². The van der Waals surface area contributed by atoms with Crippen LogP contribution in [0.4, 0.5) is 0 Å². The van der Waals surface area contributed by atoms with Crippen LogP contribution >= 0.6 is 23.2 Å². The summed E-state index contributed by atoms with van der Waals surface area (Å²) in [6, 6.07) is 12.9. The van der Waals surface area contributed by atoms with Crippen molar-refractivity contribution in [1.82, 2.24) is 9.80 Å². The van der Waals surface area contributed by atoms with E-state index in [9.17, 15) is 4.79 Å². The van der Waals surface area contributed by atoms with E-state index in [1.165, 1.54) is 7.11 Å². The minimum atomic E-state index is -0.0838. The summed E-state index contributed by atoms with van der Waals surface area (Å²) >= 11 is 12.3. The second kappa shape index (κ2) is 8.62. The van der Waals surface area contributed by atoms with Gasteiger partial charge >= 0.3 is 0 Å². The molecule has 140 valence electrons. The van der Waals surface area contributed by atoms with E-state index in [-0.39, 0.29) is 5.91 Å². The fourth-order valence-corrected chi connectivity index (χ4v) is 3.75. The maximum absolute atomic E-state index is 12.8. The Balaban J connectivity index is 1.60. The van der Waals surface area contributed by atoms with Crippen LogP contribution in [0.25, 0.3) is 0 Å². The molecule has 0 radical (unpaired) electrons. The van der Waals surface area contributed by atoms with Crippen LogP contribution in [0, 0.1) is 11.3 Å². The van der Waals surface area contributed by atoms with Crippen molar-refractivity contribution in [3.05, 3.63) is 63.1 Å². The van der Waals surface area contributed by atoms with Gasteiger partial charge in [-0.15, -0.1) is 0 Å². The molecular formula is C20H19Cl2N3O2. The van der Waals surface area contributed by atoms with E-state index in [0.717, 1.165) is 25.2 Å². The third-order valence-electron chi connectivity index (χ3n) is 4.60. The van der Waals surface area contributed by atoms with Crippen molar-refractivity contribution in [2.75, 3.05) is 33.3 Å². The first-order valence-electron chi connectivity index (χ1n) is 8.55. The summed E-state index contributed by atoms with van der Waals surface area (Å²) in [6.07, 6.45) is 0. The smallest absolute Gasteiger partial charge is 0.254 e. The first kappa shape index (κ1) is 19.5. The SMILES string of the molecule is COc1c(Cl)cc(C(=O)N2CCN(Cc3ccc(C#N)cc3)CC2)cc1Cl. The molecule has 7 heteroatoms. The second-order valence-electron chi connectivity index (χ2n) is 6.35. The van der Waals surface area contributed by atoms with Gasteiger partial charge in [0.1, 0.15) is 0 Å². The molecule has 5 nitrogen and oxygen atoms in total. The van der Waals surface area contributed by atoms with Crippen molar-refractivity contribution in [2.45, 2.75) is 6.54 Å². The van der Waals surface area contributed by atoms with E-state index in [2.05, 4.69) is 11.0 Å². The first-order valence-corrected chi connectivity index (χ1v) is 9.31. The fraction of sp³-hybridized carbons (Fsp3) is 0.300. The highest BCUT2D eigenvalue weighted by Gasteiger charge is 2.23. The number of nitrogens with zero attached hydrogens (tertiary/aromatic N) is 3. The Morgan fingerprint density at radius 3 is 2.22 bits per heavy atom. The number of nitriles is 1. The molecule has 0 atom stereocenters. The monoisotopic (exact) mass is 403 g/mol. The first-order chi connectivity index (χ1) is 13.0. The van der Waals surface area contributed by atoms with Gasteiger partial charge in [0, 0.05) is 38.3 Å². The van der Waals surface area contributed by atoms with Crippen molar-refractivity contribution >= 4 is 29.1 Å². The lowest BCUT2D eigenvalue weighted by molar-refractivity contribution is 0.0628. The van der Waals surface area contributed by atoms with Crippen LogP contribution in [0.2, 0.25) is 10.0 Å². The van der Waals surface area contributed by atoms with Gasteiger partial charge in [0.05, 0.1) is 28.8 Å². The third kappa shape index (κ3) is 4.54. The lowest BCUT2D eigenvalue weighted by Gasteiger charge is -2.35. The Labute approximate surface area is 168 Å². The van der Waals surface area contributed by atoms with Gasteiger partial charge in [0.2, 0.25) is 0 Å². The molecule has 0 N–H and O–H groups in total. The zero-order valence-electron chi connectivity index (χ0n) is 14.9. The molecule has 0 aliphatic carbocycles. The minimum Gasteiger partial charge on any atom is -0.494 e. The summed E-state index contributed by atoms with van der Waals surface area (Å²) in [6.45, 7) is 3.63. The molecule has 0 unspecified atom stereocenters. The Bertz CT molecular complexity index is 847. The van der Waals surface area contributed by atoms with Gasteiger partial charge in [-0.05, 0) is 29.8 Å². The van der Waals surface area contributed by atoms with E-state index in [4.69, 9.17) is 33.2 Å². The van der Waals surface area contributed by atoms with Gasteiger partial charge in [0.25, 0.3) is 5.91 Å². The largest absolute Gasteiger partial charge is 0.494 e. The summed E-state index contributed by atoms with van der Waals surface area (Å²) in [5, 5.41) is 9.52. The van der Waals surface area contributed by atoms with E-state index < -0.39 is 0 Å². The third-order valence-corrected chi connectivity index (χ3v) is 5.16. The number of amides is 1. The van der Waals surface area contributed by atoms with Gasteiger partial charge in [-0.25, -0.2) is 0 Å². The molecule has 0 aromatic heterocycles. The van der Waals surface area contributed by atoms with Crippen LogP contribution in [0.3, 0.4) is 0 Å². The summed E-state index contributed by atoms with van der Waals surface area (Å²) in [5.41, 5.74) is 2.28. The van der Waals surface area contributed by atoms with Crippen molar-refractivity contribution in [3.63, 3.8) is 0 Å². The van der Waals surface area contributed by atoms with Gasteiger partial charge in [-0.3, -0.25) is 9.69 Å². The van der Waals surface area contributed by atoms with E-state index in [1.54, 1.807) is 12.1 Å². The Morgan fingerprint density at radius 1 is 1.11 bits per heavy atom. The number of rotatable bonds is 4. The molecule has 1 amide bonds. The maximum atomic E-state index is 12.8. The van der Waals surface area contributed by atoms with Gasteiger partial charge in [-0.2, -0.15) is 5.26 Å². The molecule has 0 bridgehead atoms. The maximum Gasteiger partial charge on any atom is 0.254 e. The lowest BCUT2D eigenvalue weighted by atomic mass is 10.1. The Hall–Kier alpha value is -2.26. The number of carbonyl (C=O) groups excluding carboxylic acids is 1. The molecule has 2 aromatic rings. The van der Waals surface area contributed by atoms with Gasteiger partial charge < -0.3 is 9.64 Å². The van der Waals surface area contributed by atoms with Crippen molar-refractivity contribution in [1.29, 1.82) is 5.26 Å². The molecule has 3 rings (SSSR count). The number of hydrogen-bond donors (Lipinski definition) is 0. The second-order valence-corrected chi connectivity index (χ2v) is 7.16. The molecule has 27 heavy (non-hydrogen) atoms. The number of ether oxygens (including phenoxy) is 1. The van der Waals surface area contributed by atoms with Crippen molar-refractivity contribution in [3.8, 4) is 11.8 Å². The molecule has 1 fully saturated rings. The van der Waals surface area contributed by atoms with Crippen molar-refractivity contribution < 1.29 is 9.53 Å². The van der Waals surface area contributed by atoms with Crippen LogP contribution in [0.5, 0.6) is 5.75 Å². The average Bonchev–Trinajstić information content (AvgIpc) is 2.68. The summed E-state index contributed by atoms with van der Waals surface area (Å²) < 4.78 is 5.13. The Kier molecular flexibility index (Phi) is 6.22. The molecule has 1 aliphatic rings. The number of hydrogen-bond acceptors (Lipinski definition) is 4. The number of halogens is 2. The van der Waals surface area contributed by atoms with E-state index in [1.807, 2.05) is 29.2 Å². The lowest BCUT2D eigenvalue weighted by Crippen LogP contribution is -2.48. The van der Waals surface area contributed by atoms with Crippen LogP contribution in [-0.4, -0.2) is 49.0 Å². The Morgan fingerprint density at radius 2 is 1.70 bits per heavy atom. The predicted molar refractivity (Wildman–Crippen MR) is 105 cm³/mol. The van der Waals surface area contributed by atoms with Gasteiger partial charge in [0.15, 0.2) is 5.75 Å². The van der Waals surface area contributed by atoms with E-state index >= 15 is 0 Å². The molecule has 2 aromatic carbocycles. The highest BCUT2D eigenvalue weighted by Crippen LogP contribution is 2.34. The predicted octanol–water partition coefficient (Wildman–Crippen LogP) is 3.83. The number of carbonyl (C=O) groups is 1. The topological polar surface area (TPSA) is 56.6 Å². The number of benzene rings is 2. The molecule has 1 saturated heterocycles. The highest BCUT2D eigenvalue weighted by atomic mass is 35.5. The molecule has 0 saturated carbocycles. The zero-order valence-corrected chi connectivity index (χ0v) is 16.4. The fourth-order valence-electron chi connectivity index (χ4n) is 3.11. The zero-order chi connectivity index (χ0) is 19.4. The number of piperazine rings is 1. The van der Waals surface area contributed by atoms with Crippen LogP contribution in [0.1, 0.15) is 21.5 Å². The molecular weight excluding hydrogens is 385 g/mol. The number of methoxy groups -OCH3 is 1. The van der Waals surface area contributed by atoms with Crippen LogP contribution in [-0.2, 0) is 6.54 Å². The van der Waals surface area contributed by atoms with E-state index in [0.29, 0.717) is 40.0 Å². The minimum absolute atomic E-state index is 0.0838. The van der Waals surface area contributed by atoms with Crippen LogP contribution < -0.4 is 4.74 Å². The normalized spacial score (nSPS) is 14.7. The summed E-state index contributed by atoms with van der Waals surface area (Å²) in [4.78, 5) is 16.9. The standard InChI is InChI=1S/C20H19Cl2N3O2/c1-27-19-17(21)10-16(11-18(19)22)20(26)25-8-6-24(7-9-25)13-15-4-2-14(12-23)3-5-15/h2-5,10-11H,6-9,13H2,1H3. The highest BCUT2D eigenvalue weighted by molar-refractivity contribution is 6.37. The quantitative estimate of drug-likeness (QED) is 0.777. The average molecular weight is 404 g/mol. The van der Waals surface area contributed by atoms with Crippen LogP contribution in [0.15, 0.2) is 36.4 Å². The summed E-state index contributed by atoms with van der Waals surface area (Å²) in [5.74, 6) is 0.293. The molecule has 1 heterocycles. The summed E-state index contributed by atoms with van der Waals surface area (Å²) in [7, 11) is 1.49. The molecule has 1 aliphatic heterocycles.